The van der Waals surface area contributed by atoms with Crippen LogP contribution in [0.4, 0.5) is 5.69 Å². The fourth-order valence-corrected chi connectivity index (χ4v) is 1.90. The Morgan fingerprint density at radius 1 is 1.50 bits per heavy atom. The highest BCUT2D eigenvalue weighted by Crippen LogP contribution is 2.28. The first-order valence-electron chi connectivity index (χ1n) is 5.96. The van der Waals surface area contributed by atoms with Crippen molar-refractivity contribution in [3.63, 3.8) is 0 Å². The van der Waals surface area contributed by atoms with Crippen LogP contribution in [0.25, 0.3) is 0 Å². The van der Waals surface area contributed by atoms with Crippen molar-refractivity contribution in [2.75, 3.05) is 25.5 Å². The molecule has 0 radical (unpaired) electrons. The molecule has 0 bridgehead atoms. The van der Waals surface area contributed by atoms with Gasteiger partial charge in [0.2, 0.25) is 5.91 Å². The number of carbonyl (C=O) groups excluding carboxylic acids is 1. The zero-order chi connectivity index (χ0) is 13.5. The van der Waals surface area contributed by atoms with Crippen LogP contribution in [0.3, 0.4) is 0 Å². The van der Waals surface area contributed by atoms with Crippen LogP contribution in [-0.4, -0.2) is 26.1 Å². The highest BCUT2D eigenvalue weighted by Gasteiger charge is 2.14. The summed E-state index contributed by atoms with van der Waals surface area (Å²) in [5.74, 6) is 0.567. The van der Waals surface area contributed by atoms with Crippen molar-refractivity contribution in [1.29, 1.82) is 0 Å². The number of benzene rings is 1. The molecule has 18 heavy (non-hydrogen) atoms. The molecule has 0 aliphatic heterocycles. The first-order chi connectivity index (χ1) is 8.58. The van der Waals surface area contributed by atoms with E-state index in [1.54, 1.807) is 0 Å². The molecule has 0 saturated heterocycles. The van der Waals surface area contributed by atoms with Crippen molar-refractivity contribution in [2.24, 2.45) is 5.92 Å². The van der Waals surface area contributed by atoms with Crippen LogP contribution in [0.5, 0.6) is 5.75 Å². The van der Waals surface area contributed by atoms with Gasteiger partial charge in [-0.1, -0.05) is 22.9 Å². The summed E-state index contributed by atoms with van der Waals surface area (Å²) in [5.41, 5.74) is 0.694. The zero-order valence-electron chi connectivity index (χ0n) is 10.9. The first kappa shape index (κ1) is 15.0. The molecule has 5 heteroatoms. The highest BCUT2D eigenvalue weighted by molar-refractivity contribution is 9.10. The average molecular weight is 315 g/mol. The second-order valence-electron chi connectivity index (χ2n) is 4.02. The molecule has 1 aromatic rings. The summed E-state index contributed by atoms with van der Waals surface area (Å²) in [4.78, 5) is 11.9. The first-order valence-corrected chi connectivity index (χ1v) is 6.75. The molecule has 1 amide bonds. The number of halogens is 1. The SMILES string of the molecule is CCOc1ccc(Br)cc1NC(=O)C(C)CNC. The summed E-state index contributed by atoms with van der Waals surface area (Å²) in [6.07, 6.45) is 0. The lowest BCUT2D eigenvalue weighted by atomic mass is 10.1. The van der Waals surface area contributed by atoms with E-state index in [-0.39, 0.29) is 11.8 Å². The van der Waals surface area contributed by atoms with Crippen LogP contribution in [0.15, 0.2) is 22.7 Å². The highest BCUT2D eigenvalue weighted by atomic mass is 79.9. The summed E-state index contributed by atoms with van der Waals surface area (Å²) in [7, 11) is 1.83. The molecule has 2 N–H and O–H groups in total. The minimum Gasteiger partial charge on any atom is -0.492 e. The van der Waals surface area contributed by atoms with Gasteiger partial charge in [0, 0.05) is 16.9 Å². The Bertz CT molecular complexity index is 410. The Hall–Kier alpha value is -1.07. The van der Waals surface area contributed by atoms with Crippen LogP contribution in [0.2, 0.25) is 0 Å². The number of amides is 1. The molecule has 0 aromatic heterocycles. The predicted molar refractivity (Wildman–Crippen MR) is 77.0 cm³/mol. The van der Waals surface area contributed by atoms with Gasteiger partial charge < -0.3 is 15.4 Å². The van der Waals surface area contributed by atoms with Crippen molar-refractivity contribution >= 4 is 27.5 Å². The molecule has 0 aliphatic rings. The molecule has 0 heterocycles. The predicted octanol–water partition coefficient (Wildman–Crippen LogP) is 2.64. The molecular formula is C13H19BrN2O2. The molecule has 1 rings (SSSR count). The van der Waals surface area contributed by atoms with Gasteiger partial charge in [-0.25, -0.2) is 0 Å². The number of hydrogen-bond donors (Lipinski definition) is 2. The Morgan fingerprint density at radius 3 is 2.83 bits per heavy atom. The van der Waals surface area contributed by atoms with Gasteiger partial charge in [0.1, 0.15) is 5.75 Å². The maximum absolute atomic E-state index is 11.9. The smallest absolute Gasteiger partial charge is 0.228 e. The lowest BCUT2D eigenvalue weighted by Crippen LogP contribution is -2.28. The molecule has 0 saturated carbocycles. The second kappa shape index (κ2) is 7.38. The summed E-state index contributed by atoms with van der Waals surface area (Å²) in [6, 6.07) is 5.57. The summed E-state index contributed by atoms with van der Waals surface area (Å²) < 4.78 is 6.39. The van der Waals surface area contributed by atoms with Gasteiger partial charge in [-0.2, -0.15) is 0 Å². The maximum atomic E-state index is 11.9. The maximum Gasteiger partial charge on any atom is 0.228 e. The second-order valence-corrected chi connectivity index (χ2v) is 4.94. The van der Waals surface area contributed by atoms with Crippen LogP contribution in [0.1, 0.15) is 13.8 Å². The largest absolute Gasteiger partial charge is 0.492 e. The van der Waals surface area contributed by atoms with E-state index in [0.29, 0.717) is 24.6 Å². The third-order valence-electron chi connectivity index (χ3n) is 2.46. The quantitative estimate of drug-likeness (QED) is 0.848. The van der Waals surface area contributed by atoms with Crippen molar-refractivity contribution in [3.05, 3.63) is 22.7 Å². The van der Waals surface area contributed by atoms with Gasteiger partial charge in [0.25, 0.3) is 0 Å². The van der Waals surface area contributed by atoms with Crippen LogP contribution in [-0.2, 0) is 4.79 Å². The summed E-state index contributed by atoms with van der Waals surface area (Å²) >= 11 is 3.39. The van der Waals surface area contributed by atoms with Gasteiger partial charge >= 0.3 is 0 Å². The normalized spacial score (nSPS) is 12.0. The Balaban J connectivity index is 2.81. The molecule has 1 aromatic carbocycles. The van der Waals surface area contributed by atoms with Crippen molar-refractivity contribution in [2.45, 2.75) is 13.8 Å². The van der Waals surface area contributed by atoms with E-state index in [1.807, 2.05) is 39.1 Å². The molecular weight excluding hydrogens is 296 g/mol. The van der Waals surface area contributed by atoms with Gasteiger partial charge in [-0.05, 0) is 32.2 Å². The number of hydrogen-bond acceptors (Lipinski definition) is 3. The monoisotopic (exact) mass is 314 g/mol. The number of rotatable bonds is 6. The van der Waals surface area contributed by atoms with Crippen LogP contribution in [0, 0.1) is 5.92 Å². The Kier molecular flexibility index (Phi) is 6.15. The third kappa shape index (κ3) is 4.31. The van der Waals surface area contributed by atoms with Crippen LogP contribution >= 0.6 is 15.9 Å². The van der Waals surface area contributed by atoms with Crippen molar-refractivity contribution in [3.8, 4) is 5.75 Å². The van der Waals surface area contributed by atoms with Gasteiger partial charge in [-0.3, -0.25) is 4.79 Å². The molecule has 1 atom stereocenters. The topological polar surface area (TPSA) is 50.4 Å². The van der Waals surface area contributed by atoms with Crippen molar-refractivity contribution < 1.29 is 9.53 Å². The fraction of sp³-hybridized carbons (Fsp3) is 0.462. The fourth-order valence-electron chi connectivity index (χ4n) is 1.54. The summed E-state index contributed by atoms with van der Waals surface area (Å²) in [5, 5.41) is 5.87. The number of nitrogens with one attached hydrogen (secondary N) is 2. The van der Waals surface area contributed by atoms with Gasteiger partial charge in [0.05, 0.1) is 12.3 Å². The Morgan fingerprint density at radius 2 is 2.22 bits per heavy atom. The Labute approximate surface area is 116 Å². The molecule has 1 unspecified atom stereocenters. The minimum atomic E-state index is -0.0940. The minimum absolute atomic E-state index is 0.0246. The number of carbonyl (C=O) groups is 1. The van der Waals surface area contributed by atoms with E-state index in [4.69, 9.17) is 4.74 Å². The van der Waals surface area contributed by atoms with E-state index < -0.39 is 0 Å². The standard InChI is InChI=1S/C13H19BrN2O2/c1-4-18-12-6-5-10(14)7-11(12)16-13(17)9(2)8-15-3/h5-7,9,15H,4,8H2,1-3H3,(H,16,17). The lowest BCUT2D eigenvalue weighted by molar-refractivity contribution is -0.119. The lowest BCUT2D eigenvalue weighted by Gasteiger charge is -2.15. The number of ether oxygens (including phenoxy) is 1. The molecule has 0 fully saturated rings. The van der Waals surface area contributed by atoms with E-state index in [1.165, 1.54) is 0 Å². The molecule has 0 spiro atoms. The van der Waals surface area contributed by atoms with Crippen molar-refractivity contribution in [1.82, 2.24) is 5.32 Å². The molecule has 0 aliphatic carbocycles. The third-order valence-corrected chi connectivity index (χ3v) is 2.95. The van der Waals surface area contributed by atoms with Gasteiger partial charge in [-0.15, -0.1) is 0 Å². The summed E-state index contributed by atoms with van der Waals surface area (Å²) in [6.45, 7) is 5.00. The van der Waals surface area contributed by atoms with Gasteiger partial charge in [0.15, 0.2) is 0 Å². The van der Waals surface area contributed by atoms with E-state index in [0.717, 1.165) is 4.47 Å². The average Bonchev–Trinajstić information content (AvgIpc) is 2.33. The van der Waals surface area contributed by atoms with E-state index in [9.17, 15) is 4.79 Å². The molecule has 4 nitrogen and oxygen atoms in total. The van der Waals surface area contributed by atoms with E-state index in [2.05, 4.69) is 26.6 Å². The zero-order valence-corrected chi connectivity index (χ0v) is 12.5. The number of anilines is 1. The van der Waals surface area contributed by atoms with E-state index >= 15 is 0 Å². The molecule has 100 valence electrons. The van der Waals surface area contributed by atoms with Crippen LogP contribution < -0.4 is 15.4 Å².